The van der Waals surface area contributed by atoms with Crippen LogP contribution >= 0.6 is 11.6 Å². The van der Waals surface area contributed by atoms with Crippen LogP contribution in [0.15, 0.2) is 18.2 Å². The molecule has 1 unspecified atom stereocenters. The number of nitrogens with two attached hydrogens (primary N) is 1. The highest BCUT2D eigenvalue weighted by Gasteiger charge is 2.27. The standard InChI is InChI=1S/C14H19ClN2O/c1-2-3-10-6-7-17(9-10)14(18)12-5-4-11(16)8-13(12)15/h4-5,8,10H,2-3,6-7,9,16H2,1H3. The molecule has 1 aromatic rings. The zero-order valence-electron chi connectivity index (χ0n) is 10.7. The Hall–Kier alpha value is -1.22. The van der Waals surface area contributed by atoms with Gasteiger partial charge in [0, 0.05) is 18.8 Å². The molecule has 1 amide bonds. The number of likely N-dealkylation sites (tertiary alicyclic amines) is 1. The highest BCUT2D eigenvalue weighted by Crippen LogP contribution is 2.26. The van der Waals surface area contributed by atoms with Crippen molar-refractivity contribution in [3.63, 3.8) is 0 Å². The second kappa shape index (κ2) is 5.61. The van der Waals surface area contributed by atoms with Gasteiger partial charge in [-0.2, -0.15) is 0 Å². The van der Waals surface area contributed by atoms with E-state index in [0.717, 1.165) is 19.5 Å². The van der Waals surface area contributed by atoms with Gasteiger partial charge in [0.25, 0.3) is 5.91 Å². The van der Waals surface area contributed by atoms with Crippen molar-refractivity contribution in [3.05, 3.63) is 28.8 Å². The highest BCUT2D eigenvalue weighted by atomic mass is 35.5. The van der Waals surface area contributed by atoms with E-state index in [-0.39, 0.29) is 5.91 Å². The van der Waals surface area contributed by atoms with E-state index in [4.69, 9.17) is 17.3 Å². The first-order valence-electron chi connectivity index (χ1n) is 6.46. The maximum Gasteiger partial charge on any atom is 0.255 e. The molecule has 0 aromatic heterocycles. The number of amides is 1. The summed E-state index contributed by atoms with van der Waals surface area (Å²) in [4.78, 5) is 14.2. The number of hydrogen-bond acceptors (Lipinski definition) is 2. The second-order valence-electron chi connectivity index (χ2n) is 4.93. The molecule has 1 aliphatic rings. The Labute approximate surface area is 113 Å². The van der Waals surface area contributed by atoms with Crippen LogP contribution in [0.2, 0.25) is 5.02 Å². The van der Waals surface area contributed by atoms with E-state index in [9.17, 15) is 4.79 Å². The quantitative estimate of drug-likeness (QED) is 0.854. The molecule has 4 heteroatoms. The number of carbonyl (C=O) groups is 1. The van der Waals surface area contributed by atoms with Gasteiger partial charge in [-0.05, 0) is 37.0 Å². The summed E-state index contributed by atoms with van der Waals surface area (Å²) in [6, 6.07) is 5.07. The van der Waals surface area contributed by atoms with Crippen LogP contribution < -0.4 is 5.73 Å². The Morgan fingerprint density at radius 1 is 1.56 bits per heavy atom. The molecule has 3 nitrogen and oxygen atoms in total. The summed E-state index contributed by atoms with van der Waals surface area (Å²) in [6.07, 6.45) is 3.47. The molecule has 1 saturated heterocycles. The number of carbonyl (C=O) groups excluding carboxylic acids is 1. The smallest absolute Gasteiger partial charge is 0.255 e. The van der Waals surface area contributed by atoms with Crippen LogP contribution in [0.1, 0.15) is 36.5 Å². The summed E-state index contributed by atoms with van der Waals surface area (Å²) in [5, 5.41) is 0.443. The molecule has 0 radical (unpaired) electrons. The van der Waals surface area contributed by atoms with Gasteiger partial charge in [0.1, 0.15) is 0 Å². The number of hydrogen-bond donors (Lipinski definition) is 1. The van der Waals surface area contributed by atoms with Crippen molar-refractivity contribution in [3.8, 4) is 0 Å². The van der Waals surface area contributed by atoms with Gasteiger partial charge >= 0.3 is 0 Å². The van der Waals surface area contributed by atoms with Crippen LogP contribution in [-0.2, 0) is 0 Å². The van der Waals surface area contributed by atoms with Crippen molar-refractivity contribution in [1.29, 1.82) is 0 Å². The van der Waals surface area contributed by atoms with E-state index in [1.54, 1.807) is 18.2 Å². The normalized spacial score (nSPS) is 19.2. The summed E-state index contributed by atoms with van der Waals surface area (Å²) in [6.45, 7) is 3.87. The van der Waals surface area contributed by atoms with E-state index < -0.39 is 0 Å². The van der Waals surface area contributed by atoms with Crippen LogP contribution in [0.4, 0.5) is 5.69 Å². The molecular weight excluding hydrogens is 248 g/mol. The van der Waals surface area contributed by atoms with Crippen LogP contribution in [0.3, 0.4) is 0 Å². The molecule has 1 aromatic carbocycles. The third-order valence-corrected chi connectivity index (χ3v) is 3.81. The van der Waals surface area contributed by atoms with Crippen molar-refractivity contribution in [1.82, 2.24) is 4.90 Å². The number of anilines is 1. The summed E-state index contributed by atoms with van der Waals surface area (Å²) in [7, 11) is 0. The first-order valence-corrected chi connectivity index (χ1v) is 6.84. The fraction of sp³-hybridized carbons (Fsp3) is 0.500. The number of halogens is 1. The van der Waals surface area contributed by atoms with Gasteiger partial charge in [0.15, 0.2) is 0 Å². The van der Waals surface area contributed by atoms with Crippen molar-refractivity contribution >= 4 is 23.2 Å². The lowest BCUT2D eigenvalue weighted by atomic mass is 10.0. The van der Waals surface area contributed by atoms with Gasteiger partial charge in [-0.3, -0.25) is 4.79 Å². The lowest BCUT2D eigenvalue weighted by molar-refractivity contribution is 0.0786. The molecule has 18 heavy (non-hydrogen) atoms. The summed E-state index contributed by atoms with van der Waals surface area (Å²) in [5.41, 5.74) is 6.78. The molecule has 1 aliphatic heterocycles. The number of benzene rings is 1. The topological polar surface area (TPSA) is 46.3 Å². The average Bonchev–Trinajstić information content (AvgIpc) is 2.77. The fourth-order valence-electron chi connectivity index (χ4n) is 2.54. The largest absolute Gasteiger partial charge is 0.399 e. The molecule has 98 valence electrons. The predicted octanol–water partition coefficient (Wildman–Crippen LogP) is 3.18. The van der Waals surface area contributed by atoms with E-state index >= 15 is 0 Å². The Morgan fingerprint density at radius 3 is 3.00 bits per heavy atom. The second-order valence-corrected chi connectivity index (χ2v) is 5.34. The minimum atomic E-state index is 0.0265. The van der Waals surface area contributed by atoms with Gasteiger partial charge in [-0.15, -0.1) is 0 Å². The first kappa shape index (κ1) is 13.2. The van der Waals surface area contributed by atoms with Gasteiger partial charge in [0.05, 0.1) is 10.6 Å². The van der Waals surface area contributed by atoms with Gasteiger partial charge in [0.2, 0.25) is 0 Å². The summed E-state index contributed by atoms with van der Waals surface area (Å²) >= 11 is 6.07. The minimum absolute atomic E-state index is 0.0265. The highest BCUT2D eigenvalue weighted by molar-refractivity contribution is 6.34. The van der Waals surface area contributed by atoms with Gasteiger partial charge in [-0.1, -0.05) is 24.9 Å². The van der Waals surface area contributed by atoms with Crippen molar-refractivity contribution in [2.75, 3.05) is 18.8 Å². The molecular formula is C14H19ClN2O. The van der Waals surface area contributed by atoms with Crippen molar-refractivity contribution < 1.29 is 4.79 Å². The maximum atomic E-state index is 12.3. The number of nitrogen functional groups attached to an aromatic ring is 1. The molecule has 0 bridgehead atoms. The summed E-state index contributed by atoms with van der Waals surface area (Å²) < 4.78 is 0. The Morgan fingerprint density at radius 2 is 2.33 bits per heavy atom. The van der Waals surface area contributed by atoms with E-state index in [1.807, 2.05) is 4.90 Å². The number of rotatable bonds is 3. The van der Waals surface area contributed by atoms with Crippen molar-refractivity contribution in [2.45, 2.75) is 26.2 Å². The molecule has 0 saturated carbocycles. The zero-order chi connectivity index (χ0) is 13.1. The third-order valence-electron chi connectivity index (χ3n) is 3.49. The van der Waals surface area contributed by atoms with Crippen molar-refractivity contribution in [2.24, 2.45) is 5.92 Å². The molecule has 2 rings (SSSR count). The molecule has 2 N–H and O–H groups in total. The van der Waals surface area contributed by atoms with Crippen LogP contribution in [0, 0.1) is 5.92 Å². The maximum absolute atomic E-state index is 12.3. The van der Waals surface area contributed by atoms with E-state index in [1.165, 1.54) is 12.8 Å². The zero-order valence-corrected chi connectivity index (χ0v) is 11.4. The third kappa shape index (κ3) is 2.78. The summed E-state index contributed by atoms with van der Waals surface area (Å²) in [5.74, 6) is 0.671. The van der Waals surface area contributed by atoms with Gasteiger partial charge in [-0.25, -0.2) is 0 Å². The minimum Gasteiger partial charge on any atom is -0.399 e. The first-order chi connectivity index (χ1) is 8.61. The van der Waals surface area contributed by atoms with E-state index in [0.29, 0.717) is 22.2 Å². The molecule has 1 heterocycles. The molecule has 0 spiro atoms. The fourth-order valence-corrected chi connectivity index (χ4v) is 2.81. The number of nitrogens with zero attached hydrogens (tertiary/aromatic N) is 1. The average molecular weight is 267 g/mol. The lowest BCUT2D eigenvalue weighted by Crippen LogP contribution is -2.28. The molecule has 1 atom stereocenters. The Balaban J connectivity index is 2.08. The molecule has 0 aliphatic carbocycles. The Bertz CT molecular complexity index is 447. The molecule has 1 fully saturated rings. The van der Waals surface area contributed by atoms with Crippen LogP contribution in [0.5, 0.6) is 0 Å². The lowest BCUT2D eigenvalue weighted by Gasteiger charge is -2.17. The van der Waals surface area contributed by atoms with E-state index in [2.05, 4.69) is 6.92 Å². The van der Waals surface area contributed by atoms with Crippen LogP contribution in [0.25, 0.3) is 0 Å². The van der Waals surface area contributed by atoms with Crippen LogP contribution in [-0.4, -0.2) is 23.9 Å². The predicted molar refractivity (Wildman–Crippen MR) is 74.8 cm³/mol. The SMILES string of the molecule is CCCC1CCN(C(=O)c2ccc(N)cc2Cl)C1. The Kier molecular flexibility index (Phi) is 4.12. The van der Waals surface area contributed by atoms with Gasteiger partial charge < -0.3 is 10.6 Å². The monoisotopic (exact) mass is 266 g/mol.